The van der Waals surface area contributed by atoms with E-state index < -0.39 is 0 Å². The van der Waals surface area contributed by atoms with Gasteiger partial charge >= 0.3 is 6.03 Å². The van der Waals surface area contributed by atoms with E-state index in [0.29, 0.717) is 18.8 Å². The highest BCUT2D eigenvalue weighted by Gasteiger charge is 2.33. The zero-order valence-corrected chi connectivity index (χ0v) is 19.3. The SMILES string of the molecule is CCOc1ccc(C2c3cccn3-c3ccccc3CN2C(=O)Nc2ccc(OC)cc2)cc1. The van der Waals surface area contributed by atoms with Crippen LogP contribution in [0.15, 0.2) is 91.1 Å². The van der Waals surface area contributed by atoms with Gasteiger partial charge in [-0.05, 0) is 72.6 Å². The normalized spacial score (nSPS) is 14.5. The van der Waals surface area contributed by atoms with E-state index in [1.807, 2.05) is 78.6 Å². The lowest BCUT2D eigenvalue weighted by molar-refractivity contribution is 0.194. The summed E-state index contributed by atoms with van der Waals surface area (Å²) in [6.07, 6.45) is 2.06. The number of para-hydroxylation sites is 1. The van der Waals surface area contributed by atoms with Crippen LogP contribution in [0.3, 0.4) is 0 Å². The van der Waals surface area contributed by atoms with E-state index in [1.165, 1.54) is 0 Å². The predicted octanol–water partition coefficient (Wildman–Crippen LogP) is 6.02. The number of nitrogens with zero attached hydrogens (tertiary/aromatic N) is 2. The molecule has 2 heterocycles. The maximum absolute atomic E-state index is 13.7. The molecule has 1 aliphatic heterocycles. The van der Waals surface area contributed by atoms with Gasteiger partial charge in [0, 0.05) is 17.6 Å². The van der Waals surface area contributed by atoms with Crippen LogP contribution in [0.4, 0.5) is 10.5 Å². The van der Waals surface area contributed by atoms with Gasteiger partial charge in [-0.2, -0.15) is 0 Å². The molecular weight excluding hydrogens is 426 g/mol. The van der Waals surface area contributed by atoms with E-state index in [2.05, 4.69) is 34.3 Å². The van der Waals surface area contributed by atoms with Gasteiger partial charge in [-0.1, -0.05) is 30.3 Å². The monoisotopic (exact) mass is 453 g/mol. The molecule has 1 unspecified atom stereocenters. The van der Waals surface area contributed by atoms with Crippen molar-refractivity contribution < 1.29 is 14.3 Å². The van der Waals surface area contributed by atoms with Crippen LogP contribution >= 0.6 is 0 Å². The van der Waals surface area contributed by atoms with Gasteiger partial charge in [-0.25, -0.2) is 4.79 Å². The molecule has 3 aromatic carbocycles. The Kier molecular flexibility index (Phi) is 5.95. The molecule has 0 saturated carbocycles. The summed E-state index contributed by atoms with van der Waals surface area (Å²) in [7, 11) is 1.62. The summed E-state index contributed by atoms with van der Waals surface area (Å²) >= 11 is 0. The van der Waals surface area contributed by atoms with E-state index in [-0.39, 0.29) is 12.1 Å². The molecule has 6 heteroatoms. The molecule has 0 bridgehead atoms. The van der Waals surface area contributed by atoms with Crippen LogP contribution < -0.4 is 14.8 Å². The van der Waals surface area contributed by atoms with Gasteiger partial charge in [0.05, 0.1) is 32.0 Å². The Hall–Kier alpha value is -4.19. The smallest absolute Gasteiger partial charge is 0.322 e. The maximum Gasteiger partial charge on any atom is 0.322 e. The van der Waals surface area contributed by atoms with Crippen molar-refractivity contribution in [3.63, 3.8) is 0 Å². The highest BCUT2D eigenvalue weighted by Crippen LogP contribution is 2.37. The van der Waals surface area contributed by atoms with Crippen LogP contribution in [0, 0.1) is 0 Å². The Morgan fingerprint density at radius 1 is 0.941 bits per heavy atom. The summed E-state index contributed by atoms with van der Waals surface area (Å²) in [5.41, 5.74) is 4.92. The zero-order valence-electron chi connectivity index (χ0n) is 19.3. The first-order valence-corrected chi connectivity index (χ1v) is 11.4. The topological polar surface area (TPSA) is 55.7 Å². The van der Waals surface area contributed by atoms with Crippen LogP contribution in [0.5, 0.6) is 11.5 Å². The lowest BCUT2D eigenvalue weighted by atomic mass is 10.0. The number of hydrogen-bond donors (Lipinski definition) is 1. The fraction of sp³-hybridized carbons (Fsp3) is 0.179. The molecule has 2 amide bonds. The number of methoxy groups -OCH3 is 1. The number of rotatable bonds is 5. The highest BCUT2D eigenvalue weighted by molar-refractivity contribution is 5.90. The van der Waals surface area contributed by atoms with Gasteiger partial charge in [-0.3, -0.25) is 0 Å². The Morgan fingerprint density at radius 3 is 2.41 bits per heavy atom. The Morgan fingerprint density at radius 2 is 1.68 bits per heavy atom. The van der Waals surface area contributed by atoms with Crippen LogP contribution in [0.1, 0.15) is 29.8 Å². The molecule has 1 aromatic heterocycles. The first-order chi connectivity index (χ1) is 16.7. The third kappa shape index (κ3) is 4.10. The summed E-state index contributed by atoms with van der Waals surface area (Å²) < 4.78 is 13.1. The minimum atomic E-state index is -0.281. The molecule has 0 radical (unpaired) electrons. The van der Waals surface area contributed by atoms with Gasteiger partial charge in [0.2, 0.25) is 0 Å². The molecule has 1 aliphatic rings. The van der Waals surface area contributed by atoms with Crippen molar-refractivity contribution in [2.45, 2.75) is 19.5 Å². The molecule has 0 spiro atoms. The van der Waals surface area contributed by atoms with E-state index in [0.717, 1.165) is 34.0 Å². The number of nitrogens with one attached hydrogen (secondary N) is 1. The molecule has 0 aliphatic carbocycles. The first kappa shape index (κ1) is 21.6. The molecule has 1 atom stereocenters. The largest absolute Gasteiger partial charge is 0.497 e. The molecule has 4 aromatic rings. The van der Waals surface area contributed by atoms with E-state index in [4.69, 9.17) is 9.47 Å². The van der Waals surface area contributed by atoms with Crippen molar-refractivity contribution in [2.24, 2.45) is 0 Å². The molecule has 172 valence electrons. The molecule has 34 heavy (non-hydrogen) atoms. The summed E-state index contributed by atoms with van der Waals surface area (Å²) in [5, 5.41) is 3.07. The number of benzene rings is 3. The summed E-state index contributed by atoms with van der Waals surface area (Å²) in [6, 6.07) is 27.2. The zero-order chi connectivity index (χ0) is 23.5. The van der Waals surface area contributed by atoms with Crippen LogP contribution in [0.2, 0.25) is 0 Å². The Balaban J connectivity index is 1.57. The van der Waals surface area contributed by atoms with Gasteiger partial charge in [0.1, 0.15) is 11.5 Å². The maximum atomic E-state index is 13.7. The molecular formula is C28H27N3O3. The lowest BCUT2D eigenvalue weighted by Gasteiger charge is -2.31. The number of amides is 2. The summed E-state index contributed by atoms with van der Waals surface area (Å²) in [5.74, 6) is 1.56. The second-order valence-corrected chi connectivity index (χ2v) is 8.12. The van der Waals surface area contributed by atoms with Crippen molar-refractivity contribution >= 4 is 11.7 Å². The molecule has 0 saturated heterocycles. The minimum Gasteiger partial charge on any atom is -0.497 e. The number of fused-ring (bicyclic) bond motifs is 3. The number of hydrogen-bond acceptors (Lipinski definition) is 3. The van der Waals surface area contributed by atoms with Crippen molar-refractivity contribution in [1.82, 2.24) is 9.47 Å². The third-order valence-corrected chi connectivity index (χ3v) is 6.07. The second kappa shape index (κ2) is 9.35. The van der Waals surface area contributed by atoms with Gasteiger partial charge < -0.3 is 24.3 Å². The average molecular weight is 454 g/mol. The Labute approximate surface area is 199 Å². The van der Waals surface area contributed by atoms with Crippen molar-refractivity contribution in [3.8, 4) is 17.2 Å². The van der Waals surface area contributed by atoms with Crippen molar-refractivity contribution in [1.29, 1.82) is 0 Å². The van der Waals surface area contributed by atoms with E-state index in [1.54, 1.807) is 7.11 Å². The van der Waals surface area contributed by atoms with E-state index >= 15 is 0 Å². The van der Waals surface area contributed by atoms with Crippen LogP contribution in [-0.4, -0.2) is 29.2 Å². The minimum absolute atomic E-state index is 0.173. The molecule has 0 fully saturated rings. The number of carbonyl (C=O) groups excluding carboxylic acids is 1. The summed E-state index contributed by atoms with van der Waals surface area (Å²) in [6.45, 7) is 3.05. The third-order valence-electron chi connectivity index (χ3n) is 6.07. The van der Waals surface area contributed by atoms with Gasteiger partial charge in [0.15, 0.2) is 0 Å². The second-order valence-electron chi connectivity index (χ2n) is 8.12. The standard InChI is InChI=1S/C28H27N3O3/c1-3-34-24-14-10-20(11-15-24)27-26-9-6-18-30(26)25-8-5-4-7-21(25)19-31(27)28(32)29-22-12-16-23(33-2)17-13-22/h4-18,27H,3,19H2,1-2H3,(H,29,32). The van der Waals surface area contributed by atoms with Crippen molar-refractivity contribution in [3.05, 3.63) is 108 Å². The van der Waals surface area contributed by atoms with Crippen molar-refractivity contribution in [2.75, 3.05) is 19.0 Å². The highest BCUT2D eigenvalue weighted by atomic mass is 16.5. The molecule has 1 N–H and O–H groups in total. The number of ether oxygens (including phenoxy) is 2. The predicted molar refractivity (Wildman–Crippen MR) is 133 cm³/mol. The molecule has 5 rings (SSSR count). The summed E-state index contributed by atoms with van der Waals surface area (Å²) in [4.78, 5) is 15.6. The first-order valence-electron chi connectivity index (χ1n) is 11.4. The lowest BCUT2D eigenvalue weighted by Crippen LogP contribution is -2.37. The van der Waals surface area contributed by atoms with E-state index in [9.17, 15) is 4.79 Å². The quantitative estimate of drug-likeness (QED) is 0.402. The fourth-order valence-electron chi connectivity index (χ4n) is 4.47. The number of urea groups is 1. The Bertz CT molecular complexity index is 1280. The number of carbonyl (C=O) groups is 1. The fourth-order valence-corrected chi connectivity index (χ4v) is 4.47. The average Bonchev–Trinajstić information content (AvgIpc) is 3.30. The van der Waals surface area contributed by atoms with Gasteiger partial charge in [-0.15, -0.1) is 0 Å². The van der Waals surface area contributed by atoms with Crippen LogP contribution in [0.25, 0.3) is 5.69 Å². The van der Waals surface area contributed by atoms with Crippen LogP contribution in [-0.2, 0) is 6.54 Å². The molecule has 6 nitrogen and oxygen atoms in total. The van der Waals surface area contributed by atoms with Gasteiger partial charge in [0.25, 0.3) is 0 Å². The number of aromatic nitrogens is 1. The number of anilines is 1.